The smallest absolute Gasteiger partial charge is 0.268 e. The van der Waals surface area contributed by atoms with Crippen molar-refractivity contribution in [3.63, 3.8) is 0 Å². The van der Waals surface area contributed by atoms with E-state index in [1.165, 1.54) is 12.1 Å². The van der Waals surface area contributed by atoms with Crippen LogP contribution < -0.4 is 10.5 Å². The number of nitrogens with zero attached hydrogens (tertiary/aromatic N) is 4. The molecule has 0 atom stereocenters. The third kappa shape index (κ3) is 4.43. The first-order valence-corrected chi connectivity index (χ1v) is 9.31. The zero-order chi connectivity index (χ0) is 20.1. The maximum absolute atomic E-state index is 13.9. The molecule has 2 heterocycles. The quantitative estimate of drug-likeness (QED) is 0.374. The molecule has 3 rings (SSSR count). The van der Waals surface area contributed by atoms with Crippen molar-refractivity contribution in [3.8, 4) is 0 Å². The van der Waals surface area contributed by atoms with Gasteiger partial charge in [0.15, 0.2) is 28.3 Å². The highest BCUT2D eigenvalue weighted by Crippen LogP contribution is 2.27. The van der Waals surface area contributed by atoms with Crippen molar-refractivity contribution in [3.05, 3.63) is 51.9 Å². The van der Waals surface area contributed by atoms with Gasteiger partial charge in [0.25, 0.3) is 5.56 Å². The van der Waals surface area contributed by atoms with Crippen LogP contribution in [0.3, 0.4) is 0 Å². The van der Waals surface area contributed by atoms with Crippen molar-refractivity contribution in [2.45, 2.75) is 10.9 Å². The van der Waals surface area contributed by atoms with Crippen LogP contribution in [-0.2, 0) is 5.75 Å². The number of halogens is 2. The molecule has 28 heavy (non-hydrogen) atoms. The summed E-state index contributed by atoms with van der Waals surface area (Å²) in [5.74, 6) is -1.50. The molecule has 0 fully saturated rings. The maximum Gasteiger partial charge on any atom is 0.268 e. The lowest BCUT2D eigenvalue weighted by Crippen LogP contribution is -2.31. The molecule has 148 valence electrons. The number of rotatable bonds is 8. The maximum atomic E-state index is 13.9. The minimum atomic E-state index is -0.941. The third-order valence-corrected chi connectivity index (χ3v) is 4.72. The first kappa shape index (κ1) is 20.1. The summed E-state index contributed by atoms with van der Waals surface area (Å²) in [7, 11) is 0. The normalized spacial score (nSPS) is 11.1. The molecule has 1 aromatic carbocycles. The molecule has 0 bridgehead atoms. The summed E-state index contributed by atoms with van der Waals surface area (Å²) >= 11 is 1.05. The molecular weight excluding hydrogens is 392 g/mol. The Morgan fingerprint density at radius 2 is 1.89 bits per heavy atom. The van der Waals surface area contributed by atoms with Crippen molar-refractivity contribution >= 4 is 28.7 Å². The van der Waals surface area contributed by atoms with Crippen LogP contribution in [0.5, 0.6) is 0 Å². The number of aromatic nitrogens is 4. The lowest BCUT2D eigenvalue weighted by molar-refractivity contribution is 0.280. The summed E-state index contributed by atoms with van der Waals surface area (Å²) in [5, 5.41) is 18.8. The van der Waals surface area contributed by atoms with Gasteiger partial charge in [-0.2, -0.15) is 0 Å². The summed E-state index contributed by atoms with van der Waals surface area (Å²) in [6, 6.07) is 3.90. The molecule has 0 saturated heterocycles. The molecule has 0 saturated carbocycles. The van der Waals surface area contributed by atoms with E-state index < -0.39 is 17.2 Å². The molecular formula is C17H17F2N5O3S. The average Bonchev–Trinajstić information content (AvgIpc) is 2.68. The van der Waals surface area contributed by atoms with Gasteiger partial charge in [-0.3, -0.25) is 4.79 Å². The van der Waals surface area contributed by atoms with Crippen LogP contribution in [0.2, 0.25) is 0 Å². The Morgan fingerprint density at radius 3 is 2.61 bits per heavy atom. The van der Waals surface area contributed by atoms with Gasteiger partial charge in [0.2, 0.25) is 0 Å². The van der Waals surface area contributed by atoms with Crippen molar-refractivity contribution in [1.82, 2.24) is 19.9 Å². The fraction of sp³-hybridized carbons (Fsp3) is 0.294. The number of aromatic amines is 1. The van der Waals surface area contributed by atoms with E-state index in [9.17, 15) is 23.8 Å². The minimum Gasteiger partial charge on any atom is -0.395 e. The number of nitrogens with one attached hydrogen (secondary N) is 1. The van der Waals surface area contributed by atoms with Gasteiger partial charge in [-0.05, 0) is 6.07 Å². The van der Waals surface area contributed by atoms with Crippen LogP contribution in [0.15, 0.2) is 34.3 Å². The van der Waals surface area contributed by atoms with Crippen molar-refractivity contribution in [2.75, 3.05) is 31.2 Å². The Labute approximate surface area is 162 Å². The van der Waals surface area contributed by atoms with E-state index >= 15 is 0 Å². The van der Waals surface area contributed by atoms with Crippen LogP contribution in [-0.4, -0.2) is 56.5 Å². The Hall–Kier alpha value is -2.63. The lowest BCUT2D eigenvalue weighted by atomic mass is 10.2. The standard InChI is InChI=1S/C17H17F2N5O3S/c18-11-3-1-2-10(13(11)19)9-28-17-22-15-14(20-8-12(27)21-15)16(23-17)24(4-6-25)5-7-26/h1-3,8,25-26H,4-7,9H2,(H,21,22,23,27). The van der Waals surface area contributed by atoms with Gasteiger partial charge in [0.05, 0.1) is 19.4 Å². The number of thioether (sulfide) groups is 1. The van der Waals surface area contributed by atoms with E-state index in [-0.39, 0.29) is 48.4 Å². The molecule has 11 heteroatoms. The molecule has 3 aromatic rings. The monoisotopic (exact) mass is 409 g/mol. The number of hydrogen-bond acceptors (Lipinski definition) is 8. The van der Waals surface area contributed by atoms with Gasteiger partial charge < -0.3 is 20.1 Å². The average molecular weight is 409 g/mol. The molecule has 0 aliphatic rings. The highest BCUT2D eigenvalue weighted by molar-refractivity contribution is 7.98. The van der Waals surface area contributed by atoms with E-state index in [0.717, 1.165) is 24.0 Å². The summed E-state index contributed by atoms with van der Waals surface area (Å²) < 4.78 is 27.2. The molecule has 2 aromatic heterocycles. The number of fused-ring (bicyclic) bond motifs is 1. The molecule has 0 aliphatic carbocycles. The molecule has 0 amide bonds. The second-order valence-electron chi connectivity index (χ2n) is 5.71. The molecule has 0 unspecified atom stereocenters. The topological polar surface area (TPSA) is 115 Å². The van der Waals surface area contributed by atoms with Gasteiger partial charge in [-0.25, -0.2) is 23.7 Å². The van der Waals surface area contributed by atoms with E-state index in [1.807, 2.05) is 0 Å². The predicted octanol–water partition coefficient (Wildman–Crippen LogP) is 1.07. The number of aliphatic hydroxyl groups excluding tert-OH is 2. The number of aliphatic hydroxyl groups is 2. The number of benzene rings is 1. The second-order valence-corrected chi connectivity index (χ2v) is 6.65. The summed E-state index contributed by atoms with van der Waals surface area (Å²) in [5.41, 5.74) is 0.154. The van der Waals surface area contributed by atoms with Gasteiger partial charge in [0, 0.05) is 24.4 Å². The Morgan fingerprint density at radius 1 is 1.14 bits per heavy atom. The van der Waals surface area contributed by atoms with Crippen LogP contribution in [0.1, 0.15) is 5.56 Å². The number of hydrogen-bond donors (Lipinski definition) is 3. The molecule has 0 aliphatic heterocycles. The van der Waals surface area contributed by atoms with Gasteiger partial charge in [0.1, 0.15) is 5.52 Å². The summed E-state index contributed by atoms with van der Waals surface area (Å²) in [6.07, 6.45) is 1.08. The van der Waals surface area contributed by atoms with E-state index in [1.54, 1.807) is 4.90 Å². The van der Waals surface area contributed by atoms with Gasteiger partial charge >= 0.3 is 0 Å². The van der Waals surface area contributed by atoms with Crippen molar-refractivity contribution in [1.29, 1.82) is 0 Å². The summed E-state index contributed by atoms with van der Waals surface area (Å²) in [4.78, 5) is 28.5. The Balaban J connectivity index is 2.00. The van der Waals surface area contributed by atoms with E-state index in [2.05, 4.69) is 19.9 Å². The lowest BCUT2D eigenvalue weighted by Gasteiger charge is -2.22. The second kappa shape index (κ2) is 9.04. The molecule has 0 spiro atoms. The summed E-state index contributed by atoms with van der Waals surface area (Å²) in [6.45, 7) is -0.0239. The van der Waals surface area contributed by atoms with Crippen LogP contribution >= 0.6 is 11.8 Å². The predicted molar refractivity (Wildman–Crippen MR) is 100 cm³/mol. The minimum absolute atomic E-state index is 0.0685. The highest BCUT2D eigenvalue weighted by Gasteiger charge is 2.17. The third-order valence-electron chi connectivity index (χ3n) is 3.83. The zero-order valence-corrected chi connectivity index (χ0v) is 15.4. The first-order chi connectivity index (χ1) is 13.5. The molecule has 8 nitrogen and oxygen atoms in total. The van der Waals surface area contributed by atoms with Crippen LogP contribution in [0.4, 0.5) is 14.6 Å². The zero-order valence-electron chi connectivity index (χ0n) is 14.6. The number of anilines is 1. The van der Waals surface area contributed by atoms with Crippen molar-refractivity contribution < 1.29 is 19.0 Å². The van der Waals surface area contributed by atoms with E-state index in [4.69, 9.17) is 0 Å². The number of H-pyrrole nitrogens is 1. The first-order valence-electron chi connectivity index (χ1n) is 8.33. The van der Waals surface area contributed by atoms with Gasteiger partial charge in [-0.1, -0.05) is 23.9 Å². The Kier molecular flexibility index (Phi) is 6.49. The largest absolute Gasteiger partial charge is 0.395 e. The van der Waals surface area contributed by atoms with E-state index in [0.29, 0.717) is 11.3 Å². The van der Waals surface area contributed by atoms with Crippen LogP contribution in [0, 0.1) is 11.6 Å². The van der Waals surface area contributed by atoms with Crippen molar-refractivity contribution in [2.24, 2.45) is 0 Å². The fourth-order valence-electron chi connectivity index (χ4n) is 2.55. The highest BCUT2D eigenvalue weighted by atomic mass is 32.2. The van der Waals surface area contributed by atoms with Gasteiger partial charge in [-0.15, -0.1) is 0 Å². The Bertz CT molecular complexity index is 1030. The molecule has 0 radical (unpaired) electrons. The van der Waals surface area contributed by atoms with Crippen LogP contribution in [0.25, 0.3) is 11.2 Å². The molecule has 3 N–H and O–H groups in total. The fourth-order valence-corrected chi connectivity index (χ4v) is 3.37. The SMILES string of the molecule is O=c1cnc2c(N(CCO)CCO)nc(SCc3cccc(F)c3F)nc2[nH]1.